The van der Waals surface area contributed by atoms with E-state index in [4.69, 9.17) is 16.6 Å². The van der Waals surface area contributed by atoms with Gasteiger partial charge in [0.05, 0.1) is 19.0 Å². The van der Waals surface area contributed by atoms with Gasteiger partial charge in [0.1, 0.15) is 12.1 Å². The second-order valence-electron chi connectivity index (χ2n) is 5.48. The molecular weight excluding hydrogens is 398 g/mol. The van der Waals surface area contributed by atoms with Crippen molar-refractivity contribution in [1.82, 2.24) is 16.0 Å². The zero-order valence-electron chi connectivity index (χ0n) is 14.8. The molecule has 0 spiro atoms. The third-order valence-electron chi connectivity index (χ3n) is 3.24. The highest BCUT2D eigenvalue weighted by Gasteiger charge is 2.25. The van der Waals surface area contributed by atoms with E-state index >= 15 is 0 Å². The van der Waals surface area contributed by atoms with Gasteiger partial charge >= 0.3 is 5.97 Å². The molecule has 0 rings (SSSR count). The molecule has 4 amide bonds. The first kappa shape index (κ1) is 25.0. The Morgan fingerprint density at radius 1 is 1.11 bits per heavy atom. The number of thiol groups is 1. The van der Waals surface area contributed by atoms with Gasteiger partial charge in [0, 0.05) is 5.75 Å². The first-order valence-electron chi connectivity index (χ1n) is 7.86. The molecule has 0 aromatic rings. The van der Waals surface area contributed by atoms with Crippen LogP contribution in [0.2, 0.25) is 0 Å². The number of hydrogen-bond donors (Lipinski definition) is 7. The molecule has 0 saturated heterocycles. The van der Waals surface area contributed by atoms with Crippen molar-refractivity contribution in [3.8, 4) is 0 Å². The molecule has 13 heteroatoms. The Balaban J connectivity index is 4.54. The molecule has 0 heterocycles. The van der Waals surface area contributed by atoms with E-state index in [1.54, 1.807) is 0 Å². The number of amides is 4. The molecule has 154 valence electrons. The van der Waals surface area contributed by atoms with Crippen molar-refractivity contribution in [1.29, 1.82) is 0 Å². The van der Waals surface area contributed by atoms with Gasteiger partial charge in [-0.2, -0.15) is 24.4 Å². The predicted octanol–water partition coefficient (Wildman–Crippen LogP) is -2.96. The molecule has 0 aromatic heterocycles. The number of rotatable bonds is 13. The van der Waals surface area contributed by atoms with Gasteiger partial charge in [-0.05, 0) is 18.4 Å². The van der Waals surface area contributed by atoms with Crippen LogP contribution in [0.3, 0.4) is 0 Å². The average Bonchev–Trinajstić information content (AvgIpc) is 2.59. The van der Waals surface area contributed by atoms with Crippen molar-refractivity contribution in [2.45, 2.75) is 31.0 Å². The summed E-state index contributed by atoms with van der Waals surface area (Å²) in [7, 11) is 0. The van der Waals surface area contributed by atoms with E-state index in [-0.39, 0.29) is 18.6 Å². The van der Waals surface area contributed by atoms with E-state index in [0.717, 1.165) is 0 Å². The van der Waals surface area contributed by atoms with Crippen LogP contribution in [0.4, 0.5) is 0 Å². The number of nitrogens with one attached hydrogen (secondary N) is 3. The van der Waals surface area contributed by atoms with Gasteiger partial charge in [-0.25, -0.2) is 4.79 Å². The van der Waals surface area contributed by atoms with Crippen LogP contribution in [0.5, 0.6) is 0 Å². The monoisotopic (exact) mass is 423 g/mol. The maximum Gasteiger partial charge on any atom is 0.326 e. The van der Waals surface area contributed by atoms with Crippen molar-refractivity contribution < 1.29 is 29.1 Å². The molecule has 0 aromatic carbocycles. The Hall–Kier alpha value is -1.99. The summed E-state index contributed by atoms with van der Waals surface area (Å²) < 4.78 is 0. The van der Waals surface area contributed by atoms with E-state index in [9.17, 15) is 24.0 Å². The fraction of sp³-hybridized carbons (Fsp3) is 0.643. The number of thioether (sulfide) groups is 1. The highest BCUT2D eigenvalue weighted by atomic mass is 32.2. The summed E-state index contributed by atoms with van der Waals surface area (Å²) in [5, 5.41) is 15.9. The van der Waals surface area contributed by atoms with Crippen LogP contribution in [-0.4, -0.2) is 77.1 Å². The molecule has 8 N–H and O–H groups in total. The average molecular weight is 424 g/mol. The van der Waals surface area contributed by atoms with Gasteiger partial charge in [0.25, 0.3) is 0 Å². The minimum Gasteiger partial charge on any atom is -0.480 e. The van der Waals surface area contributed by atoms with Crippen molar-refractivity contribution in [2.24, 2.45) is 11.5 Å². The van der Waals surface area contributed by atoms with Crippen LogP contribution in [-0.2, 0) is 24.0 Å². The Morgan fingerprint density at radius 3 is 2.22 bits per heavy atom. The lowest BCUT2D eigenvalue weighted by molar-refractivity contribution is -0.141. The molecule has 0 fully saturated rings. The highest BCUT2D eigenvalue weighted by Crippen LogP contribution is 2.01. The topological polar surface area (TPSA) is 194 Å². The second-order valence-corrected chi connectivity index (χ2v) is 6.83. The summed E-state index contributed by atoms with van der Waals surface area (Å²) in [5.74, 6) is -3.65. The maximum absolute atomic E-state index is 12.0. The third-order valence-corrected chi connectivity index (χ3v) is 4.25. The van der Waals surface area contributed by atoms with Crippen LogP contribution in [0.1, 0.15) is 12.8 Å². The van der Waals surface area contributed by atoms with Crippen molar-refractivity contribution in [3.63, 3.8) is 0 Å². The van der Waals surface area contributed by atoms with Crippen LogP contribution in [0.25, 0.3) is 0 Å². The minimum atomic E-state index is -1.21. The zero-order valence-corrected chi connectivity index (χ0v) is 16.5. The summed E-state index contributed by atoms with van der Waals surface area (Å²) in [6, 6.07) is -3.37. The van der Waals surface area contributed by atoms with Gasteiger partial charge in [-0.15, -0.1) is 0 Å². The fourth-order valence-electron chi connectivity index (χ4n) is 1.81. The van der Waals surface area contributed by atoms with E-state index in [0.29, 0.717) is 5.75 Å². The zero-order chi connectivity index (χ0) is 21.0. The summed E-state index contributed by atoms with van der Waals surface area (Å²) in [5.41, 5.74) is 10.4. The molecule has 0 bridgehead atoms. The summed E-state index contributed by atoms with van der Waals surface area (Å²) >= 11 is 5.38. The Kier molecular flexibility index (Phi) is 12.2. The summed E-state index contributed by atoms with van der Waals surface area (Å²) in [4.78, 5) is 57.5. The first-order valence-corrected chi connectivity index (χ1v) is 9.88. The molecular formula is C14H25N5O6S2. The first-order chi connectivity index (χ1) is 12.6. The molecule has 27 heavy (non-hydrogen) atoms. The van der Waals surface area contributed by atoms with E-state index in [1.807, 2.05) is 6.26 Å². The molecule has 3 atom stereocenters. The van der Waals surface area contributed by atoms with Crippen molar-refractivity contribution in [3.05, 3.63) is 0 Å². The molecule has 11 nitrogen and oxygen atoms in total. The maximum atomic E-state index is 12.0. The standard InChI is InChI=1S/C14H25N5O6S2/c1-27-3-2-8(14(24)25)18-11(21)5-17-13(23)9(6-26)19-12(22)7(15)4-10(16)20/h7-9,26H,2-6,15H2,1H3,(H2,16,20)(H,17,23)(H,18,21)(H,19,22)(H,24,25). The smallest absolute Gasteiger partial charge is 0.326 e. The number of carbonyl (C=O) groups is 5. The van der Waals surface area contributed by atoms with Crippen LogP contribution in [0, 0.1) is 0 Å². The van der Waals surface area contributed by atoms with Crippen molar-refractivity contribution in [2.75, 3.05) is 24.3 Å². The molecule has 3 unspecified atom stereocenters. The fourth-order valence-corrected chi connectivity index (χ4v) is 2.54. The lowest BCUT2D eigenvalue weighted by Crippen LogP contribution is -2.54. The van der Waals surface area contributed by atoms with Crippen LogP contribution in [0.15, 0.2) is 0 Å². The lowest BCUT2D eigenvalue weighted by atomic mass is 10.2. The van der Waals surface area contributed by atoms with E-state index < -0.39 is 54.3 Å². The summed E-state index contributed by atoms with van der Waals surface area (Å²) in [6.07, 6.45) is 1.66. The third kappa shape index (κ3) is 10.7. The minimum absolute atomic E-state index is 0.0893. The molecule has 0 aliphatic rings. The van der Waals surface area contributed by atoms with Gasteiger partial charge in [0.2, 0.25) is 23.6 Å². The Bertz CT molecular complexity index is 562. The van der Waals surface area contributed by atoms with Gasteiger partial charge in [-0.3, -0.25) is 19.2 Å². The van der Waals surface area contributed by atoms with Crippen LogP contribution < -0.4 is 27.4 Å². The Morgan fingerprint density at radius 2 is 1.74 bits per heavy atom. The number of hydrogen-bond acceptors (Lipinski definition) is 8. The van der Waals surface area contributed by atoms with Gasteiger partial charge in [0.15, 0.2) is 0 Å². The van der Waals surface area contributed by atoms with Gasteiger partial charge in [-0.1, -0.05) is 0 Å². The highest BCUT2D eigenvalue weighted by molar-refractivity contribution is 7.98. The van der Waals surface area contributed by atoms with E-state index in [1.165, 1.54) is 11.8 Å². The normalized spacial score (nSPS) is 13.7. The molecule has 0 radical (unpaired) electrons. The Labute approximate surface area is 166 Å². The molecule has 0 saturated carbocycles. The number of carboxylic acid groups (broad SMARTS) is 1. The van der Waals surface area contributed by atoms with E-state index in [2.05, 4.69) is 28.6 Å². The number of primary amides is 1. The number of aliphatic carboxylic acids is 1. The van der Waals surface area contributed by atoms with Gasteiger partial charge < -0.3 is 32.5 Å². The predicted molar refractivity (Wildman–Crippen MR) is 103 cm³/mol. The SMILES string of the molecule is CSCCC(NC(=O)CNC(=O)C(CS)NC(=O)C(N)CC(N)=O)C(=O)O. The molecule has 0 aliphatic heterocycles. The lowest BCUT2D eigenvalue weighted by Gasteiger charge is -2.19. The summed E-state index contributed by atoms with van der Waals surface area (Å²) in [6.45, 7) is -0.477. The quantitative estimate of drug-likeness (QED) is 0.153. The van der Waals surface area contributed by atoms with Crippen LogP contribution >= 0.6 is 24.4 Å². The largest absolute Gasteiger partial charge is 0.480 e. The second kappa shape index (κ2) is 13.2. The number of carbonyl (C=O) groups excluding carboxylic acids is 4. The number of carboxylic acids is 1. The van der Waals surface area contributed by atoms with Crippen molar-refractivity contribution >= 4 is 54.0 Å². The number of nitrogens with two attached hydrogens (primary N) is 2. The molecule has 0 aliphatic carbocycles.